The van der Waals surface area contributed by atoms with Gasteiger partial charge in [0.25, 0.3) is 0 Å². The molecule has 1 fully saturated rings. The maximum absolute atomic E-state index is 11.7. The number of hydrogen-bond acceptors (Lipinski definition) is 5. The lowest BCUT2D eigenvalue weighted by Gasteiger charge is -2.22. The first kappa shape index (κ1) is 19.1. The van der Waals surface area contributed by atoms with Crippen LogP contribution in [0, 0.1) is 0 Å². The quantitative estimate of drug-likeness (QED) is 0.266. The first-order chi connectivity index (χ1) is 11.0. The lowest BCUT2D eigenvalue weighted by atomic mass is 9.95. The van der Waals surface area contributed by atoms with Crippen LogP contribution in [0.15, 0.2) is 5.10 Å². The standard InChI is InChI=1S/C15H26N4O4/c1-11(10-13(20)16-8-9-23-2)18-19-15(22)14(21)17-12-6-4-3-5-7-12/h12H,3-10H2,1-2H3,(H,16,20)(H,17,21)(H,19,22). The minimum atomic E-state index is -0.810. The van der Waals surface area contributed by atoms with E-state index < -0.39 is 11.8 Å². The number of nitrogens with zero attached hydrogens (tertiary/aromatic N) is 1. The number of ether oxygens (including phenoxy) is 1. The summed E-state index contributed by atoms with van der Waals surface area (Å²) < 4.78 is 4.82. The van der Waals surface area contributed by atoms with Crippen LogP contribution in [0.5, 0.6) is 0 Å². The molecule has 0 unspecified atom stereocenters. The Morgan fingerprint density at radius 3 is 2.48 bits per heavy atom. The molecule has 0 radical (unpaired) electrons. The van der Waals surface area contributed by atoms with Crippen molar-refractivity contribution in [3.05, 3.63) is 0 Å². The third kappa shape index (κ3) is 8.29. The first-order valence-corrected chi connectivity index (χ1v) is 7.92. The molecule has 1 saturated carbocycles. The number of amides is 3. The van der Waals surface area contributed by atoms with Gasteiger partial charge in [-0.15, -0.1) is 0 Å². The van der Waals surface area contributed by atoms with E-state index in [-0.39, 0.29) is 18.4 Å². The topological polar surface area (TPSA) is 109 Å². The number of hydrogen-bond donors (Lipinski definition) is 3. The highest BCUT2D eigenvalue weighted by Gasteiger charge is 2.20. The minimum absolute atomic E-state index is 0.0498. The largest absolute Gasteiger partial charge is 0.383 e. The van der Waals surface area contributed by atoms with Crippen LogP contribution in [0.1, 0.15) is 45.4 Å². The molecule has 0 spiro atoms. The molecule has 0 aromatic heterocycles. The van der Waals surface area contributed by atoms with Gasteiger partial charge in [0.05, 0.1) is 13.0 Å². The summed E-state index contributed by atoms with van der Waals surface area (Å²) in [7, 11) is 1.55. The predicted molar refractivity (Wildman–Crippen MR) is 85.8 cm³/mol. The fourth-order valence-corrected chi connectivity index (χ4v) is 2.32. The van der Waals surface area contributed by atoms with Gasteiger partial charge in [-0.3, -0.25) is 14.4 Å². The Balaban J connectivity index is 2.28. The second kappa shape index (κ2) is 10.7. The Morgan fingerprint density at radius 2 is 1.83 bits per heavy atom. The lowest BCUT2D eigenvalue weighted by molar-refractivity contribution is -0.139. The van der Waals surface area contributed by atoms with Crippen molar-refractivity contribution in [1.82, 2.24) is 16.1 Å². The summed E-state index contributed by atoms with van der Waals surface area (Å²) in [5, 5.41) is 9.12. The van der Waals surface area contributed by atoms with Crippen LogP contribution in [0.3, 0.4) is 0 Å². The monoisotopic (exact) mass is 326 g/mol. The first-order valence-electron chi connectivity index (χ1n) is 7.92. The molecule has 130 valence electrons. The van der Waals surface area contributed by atoms with E-state index in [1.807, 2.05) is 0 Å². The molecule has 0 aromatic carbocycles. The molecular weight excluding hydrogens is 300 g/mol. The molecular formula is C15H26N4O4. The van der Waals surface area contributed by atoms with Gasteiger partial charge in [0.2, 0.25) is 5.91 Å². The van der Waals surface area contributed by atoms with Gasteiger partial charge in [-0.25, -0.2) is 5.43 Å². The minimum Gasteiger partial charge on any atom is -0.383 e. The van der Waals surface area contributed by atoms with Crippen molar-refractivity contribution in [3.63, 3.8) is 0 Å². The number of carbonyl (C=O) groups excluding carboxylic acids is 3. The van der Waals surface area contributed by atoms with Crippen molar-refractivity contribution in [3.8, 4) is 0 Å². The number of carbonyl (C=O) groups is 3. The number of rotatable bonds is 7. The maximum atomic E-state index is 11.7. The molecule has 0 atom stereocenters. The van der Waals surface area contributed by atoms with Crippen LogP contribution in [0.25, 0.3) is 0 Å². The van der Waals surface area contributed by atoms with Crippen LogP contribution in [-0.2, 0) is 19.1 Å². The summed E-state index contributed by atoms with van der Waals surface area (Å²) in [6.07, 6.45) is 5.18. The van der Waals surface area contributed by atoms with Crippen molar-refractivity contribution in [2.24, 2.45) is 5.10 Å². The lowest BCUT2D eigenvalue weighted by Crippen LogP contribution is -2.44. The molecule has 0 bridgehead atoms. The molecule has 8 heteroatoms. The smallest absolute Gasteiger partial charge is 0.329 e. The average Bonchev–Trinajstić information content (AvgIpc) is 2.53. The number of nitrogens with one attached hydrogen (secondary N) is 3. The van der Waals surface area contributed by atoms with Gasteiger partial charge in [-0.2, -0.15) is 5.10 Å². The maximum Gasteiger partial charge on any atom is 0.329 e. The van der Waals surface area contributed by atoms with E-state index >= 15 is 0 Å². The van der Waals surface area contributed by atoms with Crippen molar-refractivity contribution < 1.29 is 19.1 Å². The van der Waals surface area contributed by atoms with Gasteiger partial charge in [-0.1, -0.05) is 19.3 Å². The van der Waals surface area contributed by atoms with E-state index in [4.69, 9.17) is 4.74 Å². The average molecular weight is 326 g/mol. The SMILES string of the molecule is COCCNC(=O)CC(C)=NNC(=O)C(=O)NC1CCCCC1. The van der Waals surface area contributed by atoms with Crippen molar-refractivity contribution in [2.75, 3.05) is 20.3 Å². The third-order valence-electron chi connectivity index (χ3n) is 3.54. The van der Waals surface area contributed by atoms with E-state index in [0.717, 1.165) is 25.7 Å². The Bertz CT molecular complexity index is 445. The zero-order valence-corrected chi connectivity index (χ0v) is 13.8. The zero-order chi connectivity index (χ0) is 17.1. The zero-order valence-electron chi connectivity index (χ0n) is 13.8. The van der Waals surface area contributed by atoms with Gasteiger partial charge in [-0.05, 0) is 19.8 Å². The molecule has 3 N–H and O–H groups in total. The Kier molecular flexibility index (Phi) is 8.89. The Morgan fingerprint density at radius 1 is 1.13 bits per heavy atom. The highest BCUT2D eigenvalue weighted by molar-refractivity contribution is 6.35. The highest BCUT2D eigenvalue weighted by Crippen LogP contribution is 2.17. The van der Waals surface area contributed by atoms with E-state index in [1.54, 1.807) is 14.0 Å². The summed E-state index contributed by atoms with van der Waals surface area (Å²) >= 11 is 0. The fourth-order valence-electron chi connectivity index (χ4n) is 2.32. The van der Waals surface area contributed by atoms with Gasteiger partial charge in [0.1, 0.15) is 0 Å². The fraction of sp³-hybridized carbons (Fsp3) is 0.733. The Labute approximate surface area is 136 Å². The molecule has 23 heavy (non-hydrogen) atoms. The highest BCUT2D eigenvalue weighted by atomic mass is 16.5. The summed E-state index contributed by atoms with van der Waals surface area (Å²) in [6, 6.07) is 0.0682. The van der Waals surface area contributed by atoms with E-state index in [2.05, 4.69) is 21.2 Å². The molecule has 0 heterocycles. The van der Waals surface area contributed by atoms with Gasteiger partial charge in [0.15, 0.2) is 0 Å². The van der Waals surface area contributed by atoms with Gasteiger partial charge in [0, 0.05) is 25.4 Å². The van der Waals surface area contributed by atoms with Crippen LogP contribution < -0.4 is 16.1 Å². The van der Waals surface area contributed by atoms with E-state index in [1.165, 1.54) is 6.42 Å². The molecule has 0 saturated heterocycles. The van der Waals surface area contributed by atoms with E-state index in [0.29, 0.717) is 18.9 Å². The second-order valence-electron chi connectivity index (χ2n) is 5.62. The molecule has 8 nitrogen and oxygen atoms in total. The second-order valence-corrected chi connectivity index (χ2v) is 5.62. The molecule has 0 aliphatic heterocycles. The summed E-state index contributed by atoms with van der Waals surface area (Å²) in [4.78, 5) is 34.9. The van der Waals surface area contributed by atoms with Crippen LogP contribution in [-0.4, -0.2) is 49.7 Å². The normalized spacial score (nSPS) is 15.8. The molecule has 1 aliphatic carbocycles. The molecule has 1 aliphatic rings. The van der Waals surface area contributed by atoms with Crippen LogP contribution in [0.2, 0.25) is 0 Å². The third-order valence-corrected chi connectivity index (χ3v) is 3.54. The summed E-state index contributed by atoms with van der Waals surface area (Å²) in [6.45, 7) is 2.45. The van der Waals surface area contributed by atoms with Gasteiger partial charge >= 0.3 is 11.8 Å². The molecule has 1 rings (SSSR count). The Hall–Kier alpha value is -1.96. The molecule has 0 aromatic rings. The number of methoxy groups -OCH3 is 1. The van der Waals surface area contributed by atoms with Crippen LogP contribution >= 0.6 is 0 Å². The van der Waals surface area contributed by atoms with Crippen molar-refractivity contribution >= 4 is 23.4 Å². The summed E-state index contributed by atoms with van der Waals surface area (Å²) in [5.41, 5.74) is 2.59. The summed E-state index contributed by atoms with van der Waals surface area (Å²) in [5.74, 6) is -1.71. The van der Waals surface area contributed by atoms with E-state index in [9.17, 15) is 14.4 Å². The van der Waals surface area contributed by atoms with Gasteiger partial charge < -0.3 is 15.4 Å². The van der Waals surface area contributed by atoms with Crippen molar-refractivity contribution in [1.29, 1.82) is 0 Å². The molecule has 3 amide bonds. The van der Waals surface area contributed by atoms with Crippen LogP contribution in [0.4, 0.5) is 0 Å². The number of hydrazone groups is 1. The predicted octanol–water partition coefficient (Wildman–Crippen LogP) is 0.0801. The van der Waals surface area contributed by atoms with Crippen molar-refractivity contribution in [2.45, 2.75) is 51.5 Å².